The number of carbonyl (C=O) groups is 1. The quantitative estimate of drug-likeness (QED) is 0.700. The van der Waals surface area contributed by atoms with Gasteiger partial charge in [0.15, 0.2) is 9.84 Å². The van der Waals surface area contributed by atoms with Gasteiger partial charge in [0, 0.05) is 0 Å². The van der Waals surface area contributed by atoms with Gasteiger partial charge in [-0.3, -0.25) is 0 Å². The van der Waals surface area contributed by atoms with Gasteiger partial charge in [-0.15, -0.1) is 0 Å². The van der Waals surface area contributed by atoms with Gasteiger partial charge in [-0.25, -0.2) is 13.2 Å². The number of sulfone groups is 1. The van der Waals surface area contributed by atoms with Crippen LogP contribution in [-0.2, 0) is 21.2 Å². The van der Waals surface area contributed by atoms with E-state index in [1.165, 1.54) is 0 Å². The van der Waals surface area contributed by atoms with Crippen molar-refractivity contribution < 1.29 is 23.1 Å². The Bertz CT molecular complexity index is 778. The largest absolute Gasteiger partial charge is 0.445 e. The molecule has 6 nitrogen and oxygen atoms in total. The number of benzene rings is 2. The lowest BCUT2D eigenvalue weighted by Crippen LogP contribution is -2.38. The molecular formula is C19H23NO5S. The summed E-state index contributed by atoms with van der Waals surface area (Å²) >= 11 is 0. The van der Waals surface area contributed by atoms with E-state index in [9.17, 15) is 18.3 Å². The summed E-state index contributed by atoms with van der Waals surface area (Å²) in [7, 11) is -3.36. The molecule has 0 saturated heterocycles. The third-order valence-electron chi connectivity index (χ3n) is 3.82. The highest BCUT2D eigenvalue weighted by atomic mass is 32.2. The van der Waals surface area contributed by atoms with Crippen molar-refractivity contribution in [3.05, 3.63) is 66.2 Å². The summed E-state index contributed by atoms with van der Waals surface area (Å²) in [5.41, 5.74) is 0.858. The lowest BCUT2D eigenvalue weighted by Gasteiger charge is -2.16. The maximum absolute atomic E-state index is 12.2. The molecule has 0 unspecified atom stereocenters. The molecule has 7 heteroatoms. The summed E-state index contributed by atoms with van der Waals surface area (Å²) in [6, 6.07) is 16.9. The van der Waals surface area contributed by atoms with E-state index in [1.807, 2.05) is 30.3 Å². The first-order valence-corrected chi connectivity index (χ1v) is 10.0. The van der Waals surface area contributed by atoms with E-state index in [1.54, 1.807) is 30.3 Å². The average molecular weight is 377 g/mol. The average Bonchev–Trinajstić information content (AvgIpc) is 2.67. The van der Waals surface area contributed by atoms with Gasteiger partial charge in [-0.2, -0.15) is 0 Å². The number of amides is 1. The molecule has 0 aliphatic heterocycles. The highest BCUT2D eigenvalue weighted by molar-refractivity contribution is 7.91. The highest BCUT2D eigenvalue weighted by Crippen LogP contribution is 2.12. The lowest BCUT2D eigenvalue weighted by molar-refractivity contribution is 0.128. The fraction of sp³-hybridized carbons (Fsp3) is 0.316. The van der Waals surface area contributed by atoms with Gasteiger partial charge in [-0.05, 0) is 30.5 Å². The van der Waals surface area contributed by atoms with Crippen LogP contribution in [0.15, 0.2) is 65.6 Å². The van der Waals surface area contributed by atoms with Crippen LogP contribution in [0, 0.1) is 0 Å². The minimum Gasteiger partial charge on any atom is -0.445 e. The lowest BCUT2D eigenvalue weighted by atomic mass is 10.2. The van der Waals surface area contributed by atoms with E-state index in [2.05, 4.69) is 5.32 Å². The smallest absolute Gasteiger partial charge is 0.407 e. The fourth-order valence-electron chi connectivity index (χ4n) is 2.41. The minimum absolute atomic E-state index is 0.0474. The summed E-state index contributed by atoms with van der Waals surface area (Å²) in [5.74, 6) is -0.0474. The van der Waals surface area contributed by atoms with Crippen molar-refractivity contribution in [2.75, 3.05) is 12.4 Å². The van der Waals surface area contributed by atoms with E-state index >= 15 is 0 Å². The Balaban J connectivity index is 1.75. The molecule has 2 aromatic carbocycles. The molecule has 0 radical (unpaired) electrons. The number of rotatable bonds is 9. The van der Waals surface area contributed by atoms with E-state index in [-0.39, 0.29) is 23.9 Å². The Kier molecular flexibility index (Phi) is 7.62. The Labute approximate surface area is 153 Å². The predicted molar refractivity (Wildman–Crippen MR) is 98.4 cm³/mol. The molecule has 0 aliphatic carbocycles. The number of aliphatic hydroxyl groups excluding tert-OH is 1. The maximum atomic E-state index is 12.2. The van der Waals surface area contributed by atoms with Crippen molar-refractivity contribution in [2.45, 2.75) is 30.4 Å². The van der Waals surface area contributed by atoms with Gasteiger partial charge < -0.3 is 15.2 Å². The normalized spacial score (nSPS) is 12.3. The second-order valence-corrected chi connectivity index (χ2v) is 7.97. The van der Waals surface area contributed by atoms with Crippen LogP contribution in [0.25, 0.3) is 0 Å². The molecular weight excluding hydrogens is 354 g/mol. The van der Waals surface area contributed by atoms with Crippen LogP contribution in [0.1, 0.15) is 18.4 Å². The van der Waals surface area contributed by atoms with Crippen LogP contribution >= 0.6 is 0 Å². The van der Waals surface area contributed by atoms with Gasteiger partial charge in [0.05, 0.1) is 23.3 Å². The SMILES string of the molecule is O=C(N[C@H](CO)CCCS(=O)(=O)c1ccccc1)OCc1ccccc1. The van der Waals surface area contributed by atoms with E-state index in [4.69, 9.17) is 4.74 Å². The van der Waals surface area contributed by atoms with Crippen molar-refractivity contribution >= 4 is 15.9 Å². The number of nitrogens with one attached hydrogen (secondary N) is 1. The van der Waals surface area contributed by atoms with Crippen molar-refractivity contribution in [3.63, 3.8) is 0 Å². The van der Waals surface area contributed by atoms with Crippen molar-refractivity contribution in [1.29, 1.82) is 0 Å². The van der Waals surface area contributed by atoms with Crippen molar-refractivity contribution in [2.24, 2.45) is 0 Å². The van der Waals surface area contributed by atoms with E-state index in [0.717, 1.165) is 5.56 Å². The highest BCUT2D eigenvalue weighted by Gasteiger charge is 2.17. The maximum Gasteiger partial charge on any atom is 0.407 e. The molecule has 0 aliphatic rings. The molecule has 0 saturated carbocycles. The molecule has 2 N–H and O–H groups in total. The molecule has 0 heterocycles. The van der Waals surface area contributed by atoms with Crippen LogP contribution < -0.4 is 5.32 Å². The molecule has 2 rings (SSSR count). The van der Waals surface area contributed by atoms with Gasteiger partial charge >= 0.3 is 6.09 Å². The Morgan fingerprint density at radius 1 is 1.04 bits per heavy atom. The van der Waals surface area contributed by atoms with Gasteiger partial charge in [0.25, 0.3) is 0 Å². The first-order valence-electron chi connectivity index (χ1n) is 8.37. The van der Waals surface area contributed by atoms with Crippen molar-refractivity contribution in [3.8, 4) is 0 Å². The monoisotopic (exact) mass is 377 g/mol. The molecule has 1 amide bonds. The summed E-state index contributed by atoms with van der Waals surface area (Å²) in [6.07, 6.45) is 0.0172. The van der Waals surface area contributed by atoms with E-state index < -0.39 is 22.0 Å². The number of hydrogen-bond donors (Lipinski definition) is 2. The second-order valence-electron chi connectivity index (χ2n) is 5.86. The Morgan fingerprint density at radius 2 is 1.65 bits per heavy atom. The second kappa shape index (κ2) is 9.94. The minimum atomic E-state index is -3.36. The standard InChI is InChI=1S/C19H23NO5S/c21-14-17(20-19(22)25-15-16-8-3-1-4-9-16)10-7-13-26(23,24)18-11-5-2-6-12-18/h1-6,8-9,11-12,17,21H,7,10,13-15H2,(H,20,22)/t17-/m0/s1. The van der Waals surface area contributed by atoms with Crippen LogP contribution in [0.4, 0.5) is 4.79 Å². The van der Waals surface area contributed by atoms with Crippen LogP contribution in [0.2, 0.25) is 0 Å². The molecule has 0 fully saturated rings. The van der Waals surface area contributed by atoms with Crippen molar-refractivity contribution in [1.82, 2.24) is 5.32 Å². The Hall–Kier alpha value is -2.38. The molecule has 1 atom stereocenters. The topological polar surface area (TPSA) is 92.7 Å². The van der Waals surface area contributed by atoms with Gasteiger partial charge in [-0.1, -0.05) is 48.5 Å². The van der Waals surface area contributed by atoms with Gasteiger partial charge in [0.2, 0.25) is 0 Å². The van der Waals surface area contributed by atoms with E-state index in [0.29, 0.717) is 12.8 Å². The Morgan fingerprint density at radius 3 is 2.27 bits per heavy atom. The summed E-state index contributed by atoms with van der Waals surface area (Å²) in [4.78, 5) is 12.1. The summed E-state index contributed by atoms with van der Waals surface area (Å²) in [5, 5.41) is 11.9. The predicted octanol–water partition coefficient (Wildman–Crippen LogP) is 2.53. The number of ether oxygens (including phenoxy) is 1. The molecule has 2 aromatic rings. The zero-order valence-corrected chi connectivity index (χ0v) is 15.2. The molecule has 0 spiro atoms. The third-order valence-corrected chi connectivity index (χ3v) is 5.64. The summed E-state index contributed by atoms with van der Waals surface area (Å²) < 4.78 is 29.5. The summed E-state index contributed by atoms with van der Waals surface area (Å²) in [6.45, 7) is -0.154. The zero-order valence-electron chi connectivity index (χ0n) is 14.4. The van der Waals surface area contributed by atoms with Crippen LogP contribution in [-0.4, -0.2) is 38.0 Å². The first-order chi connectivity index (χ1) is 12.5. The number of aliphatic hydroxyl groups is 1. The number of hydrogen-bond acceptors (Lipinski definition) is 5. The first kappa shape index (κ1) is 19.9. The molecule has 0 aromatic heterocycles. The zero-order chi connectivity index (χ0) is 18.8. The van der Waals surface area contributed by atoms with Crippen LogP contribution in [0.3, 0.4) is 0 Å². The van der Waals surface area contributed by atoms with Crippen LogP contribution in [0.5, 0.6) is 0 Å². The number of alkyl carbamates (subject to hydrolysis) is 1. The number of carbonyl (C=O) groups excluding carboxylic acids is 1. The third kappa shape index (κ3) is 6.50. The van der Waals surface area contributed by atoms with Gasteiger partial charge in [0.1, 0.15) is 6.61 Å². The molecule has 0 bridgehead atoms. The molecule has 140 valence electrons. The fourth-order valence-corrected chi connectivity index (χ4v) is 3.76. The molecule has 26 heavy (non-hydrogen) atoms.